The zero-order valence-corrected chi connectivity index (χ0v) is 15.2. The molecule has 130 valence electrons. The van der Waals surface area contributed by atoms with E-state index in [9.17, 15) is 9.90 Å². The number of methoxy groups -OCH3 is 1. The quantitative estimate of drug-likeness (QED) is 0.797. The van der Waals surface area contributed by atoms with Crippen LogP contribution in [0.3, 0.4) is 0 Å². The van der Waals surface area contributed by atoms with Crippen LogP contribution in [-0.4, -0.2) is 42.8 Å². The Morgan fingerprint density at radius 1 is 1.39 bits per heavy atom. The van der Waals surface area contributed by atoms with Crippen LogP contribution >= 0.6 is 11.6 Å². The van der Waals surface area contributed by atoms with Crippen molar-refractivity contribution in [2.45, 2.75) is 39.3 Å². The lowest BCUT2D eigenvalue weighted by atomic mass is 9.96. The van der Waals surface area contributed by atoms with Gasteiger partial charge in [-0.15, -0.1) is 0 Å². The van der Waals surface area contributed by atoms with Gasteiger partial charge in [0.2, 0.25) is 0 Å². The summed E-state index contributed by atoms with van der Waals surface area (Å²) in [5.74, 6) is 1.07. The molecule has 5 nitrogen and oxygen atoms in total. The summed E-state index contributed by atoms with van der Waals surface area (Å²) in [5, 5.41) is 12.8. The van der Waals surface area contributed by atoms with Gasteiger partial charge in [0, 0.05) is 17.6 Å². The number of aliphatic hydroxyl groups excluding tert-OH is 1. The van der Waals surface area contributed by atoms with Gasteiger partial charge in [-0.25, -0.2) is 4.79 Å². The highest BCUT2D eigenvalue weighted by atomic mass is 35.5. The van der Waals surface area contributed by atoms with Gasteiger partial charge >= 0.3 is 6.03 Å². The third kappa shape index (κ3) is 5.59. The van der Waals surface area contributed by atoms with Gasteiger partial charge in [-0.1, -0.05) is 25.4 Å². The van der Waals surface area contributed by atoms with Crippen molar-refractivity contribution < 1.29 is 14.6 Å². The summed E-state index contributed by atoms with van der Waals surface area (Å²) in [5.41, 5.74) is 0.854. The number of urea groups is 1. The van der Waals surface area contributed by atoms with Crippen molar-refractivity contribution in [2.24, 2.45) is 5.92 Å². The molecule has 0 spiro atoms. The molecular weight excluding hydrogens is 316 g/mol. The lowest BCUT2D eigenvalue weighted by Crippen LogP contribution is -2.45. The number of carbonyl (C=O) groups excluding carboxylic acids is 1. The molecule has 0 bridgehead atoms. The minimum atomic E-state index is -0.254. The van der Waals surface area contributed by atoms with Crippen molar-refractivity contribution in [2.75, 3.05) is 20.8 Å². The molecule has 1 rings (SSSR count). The van der Waals surface area contributed by atoms with Crippen LogP contribution in [0.15, 0.2) is 18.2 Å². The Hall–Kier alpha value is -1.46. The highest BCUT2D eigenvalue weighted by Gasteiger charge is 2.23. The largest absolute Gasteiger partial charge is 0.496 e. The van der Waals surface area contributed by atoms with Gasteiger partial charge in [0.15, 0.2) is 0 Å². The maximum Gasteiger partial charge on any atom is 0.317 e. The number of nitrogens with one attached hydrogen (secondary N) is 1. The highest BCUT2D eigenvalue weighted by Crippen LogP contribution is 2.32. The standard InChI is InChI=1S/C17H27ClN2O3/c1-11(2)8-15(19-17(22)20(4)12(3)10-21)14-9-13(18)6-7-16(14)23-5/h6-7,9,11-12,15,21H,8,10H2,1-5H3,(H,19,22). The zero-order chi connectivity index (χ0) is 17.6. The predicted molar refractivity (Wildman–Crippen MR) is 93.0 cm³/mol. The van der Waals surface area contributed by atoms with E-state index in [4.69, 9.17) is 16.3 Å². The molecule has 2 atom stereocenters. The maximum absolute atomic E-state index is 12.4. The topological polar surface area (TPSA) is 61.8 Å². The number of aliphatic hydroxyl groups is 1. The van der Waals surface area contributed by atoms with Crippen LogP contribution < -0.4 is 10.1 Å². The third-order valence-corrected chi connectivity index (χ3v) is 4.05. The van der Waals surface area contributed by atoms with Crippen molar-refractivity contribution >= 4 is 17.6 Å². The van der Waals surface area contributed by atoms with Gasteiger partial charge in [0.1, 0.15) is 5.75 Å². The summed E-state index contributed by atoms with van der Waals surface area (Å²) >= 11 is 6.11. The second-order valence-electron chi connectivity index (χ2n) is 6.16. The SMILES string of the molecule is COc1ccc(Cl)cc1C(CC(C)C)NC(=O)N(C)C(C)CO. The lowest BCUT2D eigenvalue weighted by molar-refractivity contribution is 0.153. The van der Waals surface area contributed by atoms with Crippen molar-refractivity contribution in [3.63, 3.8) is 0 Å². The minimum Gasteiger partial charge on any atom is -0.496 e. The fraction of sp³-hybridized carbons (Fsp3) is 0.588. The number of nitrogens with zero attached hydrogens (tertiary/aromatic N) is 1. The first-order valence-electron chi connectivity index (χ1n) is 7.77. The highest BCUT2D eigenvalue weighted by molar-refractivity contribution is 6.30. The smallest absolute Gasteiger partial charge is 0.317 e. The van der Waals surface area contributed by atoms with Crippen molar-refractivity contribution in [1.29, 1.82) is 0 Å². The number of hydrogen-bond acceptors (Lipinski definition) is 3. The molecule has 2 unspecified atom stereocenters. The summed E-state index contributed by atoms with van der Waals surface area (Å²) in [7, 11) is 3.26. The fourth-order valence-corrected chi connectivity index (χ4v) is 2.47. The zero-order valence-electron chi connectivity index (χ0n) is 14.5. The number of likely N-dealkylation sites (N-methyl/N-ethyl adjacent to an activating group) is 1. The fourth-order valence-electron chi connectivity index (χ4n) is 2.29. The molecule has 0 saturated carbocycles. The van der Waals surface area contributed by atoms with Gasteiger partial charge < -0.3 is 20.1 Å². The van der Waals surface area contributed by atoms with Crippen LogP contribution in [0.25, 0.3) is 0 Å². The summed E-state index contributed by atoms with van der Waals surface area (Å²) in [6.45, 7) is 5.89. The first kappa shape index (κ1) is 19.6. The molecule has 2 N–H and O–H groups in total. The van der Waals surface area contributed by atoms with Crippen molar-refractivity contribution in [1.82, 2.24) is 10.2 Å². The maximum atomic E-state index is 12.4. The molecule has 0 aliphatic rings. The van der Waals surface area contributed by atoms with Gasteiger partial charge in [-0.05, 0) is 37.5 Å². The Kier molecular flexibility index (Phi) is 7.65. The van der Waals surface area contributed by atoms with Crippen LogP contribution in [-0.2, 0) is 0 Å². The molecule has 0 aliphatic heterocycles. The summed E-state index contributed by atoms with van der Waals surface area (Å²) in [4.78, 5) is 13.9. The number of ether oxygens (including phenoxy) is 1. The molecule has 1 aromatic rings. The number of carbonyl (C=O) groups is 1. The summed E-state index contributed by atoms with van der Waals surface area (Å²) in [6.07, 6.45) is 0.754. The molecule has 2 amide bonds. The van der Waals surface area contributed by atoms with Gasteiger partial charge in [0.05, 0.1) is 25.8 Å². The van der Waals surface area contributed by atoms with E-state index < -0.39 is 0 Å². The Morgan fingerprint density at radius 2 is 2.04 bits per heavy atom. The van der Waals surface area contributed by atoms with Crippen LogP contribution in [0, 0.1) is 5.92 Å². The van der Waals surface area contributed by atoms with Gasteiger partial charge in [-0.2, -0.15) is 0 Å². The number of amides is 2. The first-order chi connectivity index (χ1) is 10.8. The second kappa shape index (κ2) is 8.99. The van der Waals surface area contributed by atoms with E-state index in [1.54, 1.807) is 33.2 Å². The van der Waals surface area contributed by atoms with Crippen LogP contribution in [0.1, 0.15) is 38.8 Å². The summed E-state index contributed by atoms with van der Waals surface area (Å²) in [6, 6.07) is 4.68. The number of benzene rings is 1. The van der Waals surface area contributed by atoms with Crippen molar-refractivity contribution in [3.05, 3.63) is 28.8 Å². The molecular formula is C17H27ClN2O3. The normalized spacial score (nSPS) is 13.6. The van der Waals surface area contributed by atoms with E-state index in [-0.39, 0.29) is 24.7 Å². The van der Waals surface area contributed by atoms with E-state index in [1.165, 1.54) is 4.90 Å². The van der Waals surface area contributed by atoms with E-state index in [1.807, 2.05) is 6.07 Å². The second-order valence-corrected chi connectivity index (χ2v) is 6.60. The number of rotatable bonds is 7. The van der Waals surface area contributed by atoms with E-state index >= 15 is 0 Å². The van der Waals surface area contributed by atoms with Gasteiger partial charge in [-0.3, -0.25) is 0 Å². The molecule has 0 saturated heterocycles. The number of hydrogen-bond donors (Lipinski definition) is 2. The molecule has 0 aromatic heterocycles. The molecule has 1 aromatic carbocycles. The predicted octanol–water partition coefficient (Wildman–Crippen LogP) is 3.46. The molecule has 23 heavy (non-hydrogen) atoms. The van der Waals surface area contributed by atoms with E-state index in [0.29, 0.717) is 16.7 Å². The molecule has 0 fully saturated rings. The first-order valence-corrected chi connectivity index (χ1v) is 8.15. The molecule has 6 heteroatoms. The third-order valence-electron chi connectivity index (χ3n) is 3.82. The molecule has 0 radical (unpaired) electrons. The summed E-state index contributed by atoms with van der Waals surface area (Å²) < 4.78 is 5.41. The Balaban J connectivity index is 3.06. The Labute approximate surface area is 143 Å². The van der Waals surface area contributed by atoms with Crippen LogP contribution in [0.5, 0.6) is 5.75 Å². The minimum absolute atomic E-state index is 0.0841. The van der Waals surface area contributed by atoms with Gasteiger partial charge in [0.25, 0.3) is 0 Å². The average Bonchev–Trinajstić information content (AvgIpc) is 2.52. The lowest BCUT2D eigenvalue weighted by Gasteiger charge is -2.28. The van der Waals surface area contributed by atoms with E-state index in [2.05, 4.69) is 19.2 Å². The number of halogens is 1. The van der Waals surface area contributed by atoms with Crippen LogP contribution in [0.2, 0.25) is 5.02 Å². The molecule has 0 heterocycles. The average molecular weight is 343 g/mol. The molecule has 0 aliphatic carbocycles. The van der Waals surface area contributed by atoms with E-state index in [0.717, 1.165) is 12.0 Å². The van der Waals surface area contributed by atoms with Crippen molar-refractivity contribution in [3.8, 4) is 5.75 Å². The van der Waals surface area contributed by atoms with Crippen LogP contribution in [0.4, 0.5) is 4.79 Å². The monoisotopic (exact) mass is 342 g/mol. The Morgan fingerprint density at radius 3 is 2.57 bits per heavy atom. The Bertz CT molecular complexity index is 523.